The first-order chi connectivity index (χ1) is 10.5. The van der Waals surface area contributed by atoms with E-state index in [2.05, 4.69) is 10.0 Å². The molecule has 0 N–H and O–H groups in total. The number of halogens is 2. The molecular weight excluding hydrogens is 290 g/mol. The maximum atomic E-state index is 14.2. The number of benzene rings is 1. The van der Waals surface area contributed by atoms with E-state index in [1.807, 2.05) is 13.8 Å². The molecule has 1 amide bonds. The van der Waals surface area contributed by atoms with Crippen molar-refractivity contribution in [2.75, 3.05) is 13.1 Å². The van der Waals surface area contributed by atoms with Crippen LogP contribution in [0.25, 0.3) is 10.4 Å². The second-order valence-electron chi connectivity index (χ2n) is 5.45. The monoisotopic (exact) mass is 308 g/mol. The summed E-state index contributed by atoms with van der Waals surface area (Å²) in [5, 5.41) is 3.59. The van der Waals surface area contributed by atoms with Crippen molar-refractivity contribution in [3.8, 4) is 0 Å². The summed E-state index contributed by atoms with van der Waals surface area (Å²) in [4.78, 5) is 17.2. The molecule has 0 heterocycles. The van der Waals surface area contributed by atoms with Crippen molar-refractivity contribution >= 4 is 5.91 Å². The second kappa shape index (κ2) is 6.32. The highest BCUT2D eigenvalue weighted by atomic mass is 19.1. The summed E-state index contributed by atoms with van der Waals surface area (Å²) in [6.45, 7) is 4.64. The molecule has 7 heteroatoms. The Labute approximate surface area is 127 Å². The number of carbonyl (C=O) groups is 1. The van der Waals surface area contributed by atoms with Gasteiger partial charge in [0.1, 0.15) is 11.6 Å². The molecule has 0 saturated heterocycles. The van der Waals surface area contributed by atoms with Gasteiger partial charge in [-0.05, 0) is 50.4 Å². The summed E-state index contributed by atoms with van der Waals surface area (Å²) in [7, 11) is 0. The SMILES string of the molecule is CCN(CC)C(=O)[C@]1(c2cc(F)ccc2F)C[C@@H](N=[N+]=[N-])C1. The van der Waals surface area contributed by atoms with E-state index in [9.17, 15) is 13.6 Å². The molecule has 118 valence electrons. The van der Waals surface area contributed by atoms with Gasteiger partial charge < -0.3 is 4.90 Å². The summed E-state index contributed by atoms with van der Waals surface area (Å²) in [5.74, 6) is -1.44. The van der Waals surface area contributed by atoms with Gasteiger partial charge in [0.15, 0.2) is 0 Å². The number of likely N-dealkylation sites (N-methyl/N-ethyl adjacent to an activating group) is 1. The van der Waals surface area contributed by atoms with Crippen molar-refractivity contribution in [3.05, 3.63) is 45.8 Å². The third kappa shape index (κ3) is 2.64. The van der Waals surface area contributed by atoms with Gasteiger partial charge >= 0.3 is 0 Å². The number of hydrogen-bond donors (Lipinski definition) is 0. The van der Waals surface area contributed by atoms with Crippen LogP contribution in [0, 0.1) is 11.6 Å². The second-order valence-corrected chi connectivity index (χ2v) is 5.45. The van der Waals surface area contributed by atoms with Gasteiger partial charge in [-0.3, -0.25) is 4.79 Å². The van der Waals surface area contributed by atoms with E-state index in [0.29, 0.717) is 13.1 Å². The van der Waals surface area contributed by atoms with Gasteiger partial charge in [0.05, 0.1) is 5.41 Å². The van der Waals surface area contributed by atoms with E-state index in [4.69, 9.17) is 5.53 Å². The van der Waals surface area contributed by atoms with Crippen LogP contribution in [0.3, 0.4) is 0 Å². The first-order valence-electron chi connectivity index (χ1n) is 7.27. The van der Waals surface area contributed by atoms with Gasteiger partial charge in [0.25, 0.3) is 0 Å². The van der Waals surface area contributed by atoms with E-state index in [1.165, 1.54) is 0 Å². The van der Waals surface area contributed by atoms with Crippen LogP contribution in [-0.4, -0.2) is 29.9 Å². The van der Waals surface area contributed by atoms with E-state index < -0.39 is 17.0 Å². The van der Waals surface area contributed by atoms with Gasteiger partial charge in [-0.1, -0.05) is 5.11 Å². The van der Waals surface area contributed by atoms with E-state index in [0.717, 1.165) is 18.2 Å². The third-order valence-electron chi connectivity index (χ3n) is 4.29. The molecule has 0 radical (unpaired) electrons. The number of rotatable bonds is 5. The van der Waals surface area contributed by atoms with Crippen LogP contribution in [0.1, 0.15) is 32.3 Å². The number of amides is 1. The Balaban J connectivity index is 2.46. The van der Waals surface area contributed by atoms with Crippen molar-refractivity contribution in [2.45, 2.75) is 38.1 Å². The fraction of sp³-hybridized carbons (Fsp3) is 0.533. The maximum Gasteiger partial charge on any atom is 0.233 e. The number of carbonyl (C=O) groups excluding carboxylic acids is 1. The molecule has 1 aliphatic rings. The lowest BCUT2D eigenvalue weighted by Gasteiger charge is -2.47. The molecule has 5 nitrogen and oxygen atoms in total. The van der Waals surface area contributed by atoms with Crippen molar-refractivity contribution < 1.29 is 13.6 Å². The van der Waals surface area contributed by atoms with E-state index in [1.54, 1.807) is 4.90 Å². The smallest absolute Gasteiger partial charge is 0.233 e. The number of hydrogen-bond acceptors (Lipinski definition) is 2. The van der Waals surface area contributed by atoms with Crippen LogP contribution < -0.4 is 0 Å². The predicted molar refractivity (Wildman–Crippen MR) is 78.1 cm³/mol. The Morgan fingerprint density at radius 2 is 2.05 bits per heavy atom. The summed E-state index contributed by atoms with van der Waals surface area (Å²) in [6, 6.07) is 2.76. The number of nitrogens with zero attached hydrogens (tertiary/aromatic N) is 4. The Morgan fingerprint density at radius 1 is 1.41 bits per heavy atom. The molecule has 0 aliphatic heterocycles. The lowest BCUT2D eigenvalue weighted by molar-refractivity contribution is -0.141. The maximum absolute atomic E-state index is 14.2. The topological polar surface area (TPSA) is 69.1 Å². The van der Waals surface area contributed by atoms with Crippen molar-refractivity contribution in [2.24, 2.45) is 5.11 Å². The lowest BCUT2D eigenvalue weighted by atomic mass is 9.60. The molecule has 1 aliphatic carbocycles. The highest BCUT2D eigenvalue weighted by molar-refractivity contribution is 5.89. The third-order valence-corrected chi connectivity index (χ3v) is 4.29. The molecule has 0 aromatic heterocycles. The first-order valence-corrected chi connectivity index (χ1v) is 7.27. The average Bonchev–Trinajstić information content (AvgIpc) is 2.46. The zero-order valence-corrected chi connectivity index (χ0v) is 12.6. The van der Waals surface area contributed by atoms with Crippen LogP contribution in [0.15, 0.2) is 23.3 Å². The largest absolute Gasteiger partial charge is 0.342 e. The highest BCUT2D eigenvalue weighted by Crippen LogP contribution is 2.48. The minimum Gasteiger partial charge on any atom is -0.342 e. The zero-order chi connectivity index (χ0) is 16.3. The highest BCUT2D eigenvalue weighted by Gasteiger charge is 2.53. The van der Waals surface area contributed by atoms with Crippen LogP contribution in [0.4, 0.5) is 8.78 Å². The summed E-state index contributed by atoms with van der Waals surface area (Å²) in [6.07, 6.45) is 0.402. The van der Waals surface area contributed by atoms with Crippen molar-refractivity contribution in [3.63, 3.8) is 0 Å². The Bertz CT molecular complexity index is 618. The van der Waals surface area contributed by atoms with Gasteiger partial charge in [0.2, 0.25) is 5.91 Å². The van der Waals surface area contributed by atoms with Crippen LogP contribution in [0.2, 0.25) is 0 Å². The van der Waals surface area contributed by atoms with Crippen LogP contribution >= 0.6 is 0 Å². The van der Waals surface area contributed by atoms with E-state index in [-0.39, 0.29) is 30.4 Å². The zero-order valence-electron chi connectivity index (χ0n) is 12.6. The fourth-order valence-electron chi connectivity index (χ4n) is 3.09. The molecule has 1 aromatic rings. The van der Waals surface area contributed by atoms with Gasteiger partial charge in [0, 0.05) is 29.6 Å². The standard InChI is InChI=1S/C15H18F2N4O/c1-3-21(4-2)14(22)15(8-11(9-15)19-20-18)12-7-10(16)5-6-13(12)17/h5-7,11H,3-4,8-9H2,1-2H3/t11-,15-. The summed E-state index contributed by atoms with van der Waals surface area (Å²) >= 11 is 0. The Kier molecular flexibility index (Phi) is 4.66. The Hall–Kier alpha value is -2.14. The molecule has 0 spiro atoms. The molecule has 1 saturated carbocycles. The molecule has 1 aromatic carbocycles. The molecule has 2 rings (SSSR count). The average molecular weight is 308 g/mol. The van der Waals surface area contributed by atoms with Gasteiger partial charge in [-0.25, -0.2) is 8.78 Å². The lowest BCUT2D eigenvalue weighted by Crippen LogP contribution is -2.56. The van der Waals surface area contributed by atoms with Crippen LogP contribution in [0.5, 0.6) is 0 Å². The molecule has 0 bridgehead atoms. The molecular formula is C15H18F2N4O. The first kappa shape index (κ1) is 16.2. The van der Waals surface area contributed by atoms with Crippen molar-refractivity contribution in [1.29, 1.82) is 0 Å². The minimum atomic E-state index is -1.14. The van der Waals surface area contributed by atoms with Crippen LogP contribution in [-0.2, 0) is 10.2 Å². The number of azide groups is 1. The van der Waals surface area contributed by atoms with Gasteiger partial charge in [-0.15, -0.1) is 0 Å². The van der Waals surface area contributed by atoms with Crippen molar-refractivity contribution in [1.82, 2.24) is 4.90 Å². The molecule has 0 atom stereocenters. The predicted octanol–water partition coefficient (Wildman–Crippen LogP) is 3.54. The van der Waals surface area contributed by atoms with Gasteiger partial charge in [-0.2, -0.15) is 0 Å². The normalized spacial score (nSPS) is 23.4. The van der Waals surface area contributed by atoms with E-state index >= 15 is 0 Å². The molecule has 22 heavy (non-hydrogen) atoms. The summed E-state index contributed by atoms with van der Waals surface area (Å²) in [5.41, 5.74) is 7.42. The quantitative estimate of drug-likeness (QED) is 0.466. The fourth-order valence-corrected chi connectivity index (χ4v) is 3.09. The molecule has 0 unspecified atom stereocenters. The Morgan fingerprint density at radius 3 is 2.59 bits per heavy atom. The molecule has 1 fully saturated rings. The minimum absolute atomic E-state index is 0.0498. The summed E-state index contributed by atoms with van der Waals surface area (Å²) < 4.78 is 27.7.